The zero-order valence-electron chi connectivity index (χ0n) is 10.3. The summed E-state index contributed by atoms with van der Waals surface area (Å²) in [7, 11) is 0. The molecule has 6 heteroatoms. The summed E-state index contributed by atoms with van der Waals surface area (Å²) >= 11 is 0. The molecule has 0 amide bonds. The highest BCUT2D eigenvalue weighted by Crippen LogP contribution is 2.18. The van der Waals surface area contributed by atoms with Crippen molar-refractivity contribution in [1.29, 1.82) is 0 Å². The van der Waals surface area contributed by atoms with Gasteiger partial charge < -0.3 is 4.42 Å². The van der Waals surface area contributed by atoms with Gasteiger partial charge in [-0.15, -0.1) is 10.2 Å². The monoisotopic (exact) mass is 263 g/mol. The van der Waals surface area contributed by atoms with E-state index in [9.17, 15) is 0 Å². The molecular formula is C14H9N5O. The molecule has 0 aliphatic heterocycles. The molecular weight excluding hydrogens is 254 g/mol. The van der Waals surface area contributed by atoms with Crippen LogP contribution in [0.15, 0.2) is 59.0 Å². The van der Waals surface area contributed by atoms with Crippen molar-refractivity contribution in [3.63, 3.8) is 0 Å². The van der Waals surface area contributed by atoms with E-state index in [1.54, 1.807) is 0 Å². The number of nitrogens with zero attached hydrogens (tertiary/aromatic N) is 5. The van der Waals surface area contributed by atoms with Gasteiger partial charge in [0, 0.05) is 5.56 Å². The van der Waals surface area contributed by atoms with Crippen molar-refractivity contribution in [1.82, 2.24) is 25.2 Å². The Morgan fingerprint density at radius 1 is 0.900 bits per heavy atom. The first-order valence-corrected chi connectivity index (χ1v) is 6.11. The molecule has 0 bridgehead atoms. The highest BCUT2D eigenvalue weighted by atomic mass is 16.4. The molecule has 0 aliphatic carbocycles. The molecule has 0 atom stereocenters. The molecule has 0 fully saturated rings. The second kappa shape index (κ2) is 4.27. The Hall–Kier alpha value is -3.02. The van der Waals surface area contributed by atoms with E-state index < -0.39 is 0 Å². The van der Waals surface area contributed by atoms with Crippen LogP contribution in [0.4, 0.5) is 0 Å². The Labute approximate surface area is 113 Å². The number of hydrogen-bond donors (Lipinski definition) is 0. The number of tetrazole rings is 1. The average Bonchev–Trinajstić information content (AvgIpc) is 3.14. The number of fused-ring (bicyclic) bond motifs is 1. The molecule has 4 rings (SSSR count). The predicted molar refractivity (Wildman–Crippen MR) is 72.2 cm³/mol. The van der Waals surface area contributed by atoms with Crippen molar-refractivity contribution in [2.75, 3.05) is 0 Å². The van der Waals surface area contributed by atoms with Crippen LogP contribution in [0.3, 0.4) is 0 Å². The molecule has 0 unspecified atom stereocenters. The first kappa shape index (κ1) is 10.9. The summed E-state index contributed by atoms with van der Waals surface area (Å²) in [6, 6.07) is 17.5. The average molecular weight is 263 g/mol. The molecule has 2 aromatic heterocycles. The van der Waals surface area contributed by atoms with Crippen LogP contribution in [0, 0.1) is 0 Å². The summed E-state index contributed by atoms with van der Waals surface area (Å²) in [5, 5.41) is 12.3. The Kier molecular flexibility index (Phi) is 2.32. The van der Waals surface area contributed by atoms with Crippen LogP contribution < -0.4 is 0 Å². The van der Waals surface area contributed by atoms with Gasteiger partial charge in [-0.3, -0.25) is 0 Å². The summed E-state index contributed by atoms with van der Waals surface area (Å²) in [5.74, 6) is 0.535. The Morgan fingerprint density at radius 3 is 2.55 bits per heavy atom. The van der Waals surface area contributed by atoms with E-state index in [-0.39, 0.29) is 0 Å². The van der Waals surface area contributed by atoms with E-state index in [1.165, 1.54) is 4.80 Å². The lowest BCUT2D eigenvalue weighted by Gasteiger charge is -1.91. The van der Waals surface area contributed by atoms with Gasteiger partial charge in [-0.25, -0.2) is 0 Å². The van der Waals surface area contributed by atoms with E-state index in [4.69, 9.17) is 4.42 Å². The minimum Gasteiger partial charge on any atom is -0.421 e. The molecule has 2 aromatic carbocycles. The molecule has 20 heavy (non-hydrogen) atoms. The van der Waals surface area contributed by atoms with Crippen LogP contribution in [0.5, 0.6) is 0 Å². The second-order valence-corrected chi connectivity index (χ2v) is 4.23. The van der Waals surface area contributed by atoms with Crippen LogP contribution >= 0.6 is 0 Å². The third-order valence-electron chi connectivity index (χ3n) is 2.90. The van der Waals surface area contributed by atoms with Crippen LogP contribution in [-0.4, -0.2) is 25.2 Å². The van der Waals surface area contributed by atoms with Gasteiger partial charge in [-0.1, -0.05) is 47.3 Å². The topological polar surface area (TPSA) is 69.6 Å². The van der Waals surface area contributed by atoms with E-state index in [2.05, 4.69) is 20.4 Å². The number of rotatable bonds is 2. The molecule has 96 valence electrons. The summed E-state index contributed by atoms with van der Waals surface area (Å²) in [6.07, 6.45) is 0. The Bertz CT molecular complexity index is 832. The lowest BCUT2D eigenvalue weighted by atomic mass is 10.2. The highest BCUT2D eigenvalue weighted by Gasteiger charge is 2.12. The van der Waals surface area contributed by atoms with Gasteiger partial charge >= 0.3 is 6.01 Å². The minimum atomic E-state index is 0.306. The van der Waals surface area contributed by atoms with Crippen molar-refractivity contribution >= 4 is 11.1 Å². The first-order valence-electron chi connectivity index (χ1n) is 6.11. The van der Waals surface area contributed by atoms with E-state index >= 15 is 0 Å². The molecule has 0 aliphatic rings. The standard InChI is InChI=1S/C14H9N5O/c1-2-6-10(7-3-1)13-16-18-19(17-13)14-15-11-8-4-5-9-12(11)20-14/h1-9H. The van der Waals surface area contributed by atoms with E-state index in [1.807, 2.05) is 54.6 Å². The lowest BCUT2D eigenvalue weighted by molar-refractivity contribution is 0.508. The third kappa shape index (κ3) is 1.74. The van der Waals surface area contributed by atoms with Gasteiger partial charge in [-0.05, 0) is 17.3 Å². The molecule has 0 spiro atoms. The number of hydrogen-bond acceptors (Lipinski definition) is 5. The maximum absolute atomic E-state index is 5.59. The fourth-order valence-electron chi connectivity index (χ4n) is 1.94. The van der Waals surface area contributed by atoms with Crippen LogP contribution in [0.2, 0.25) is 0 Å². The van der Waals surface area contributed by atoms with Crippen molar-refractivity contribution in [3.8, 4) is 17.4 Å². The van der Waals surface area contributed by atoms with Gasteiger partial charge in [0.05, 0.1) is 0 Å². The summed E-state index contributed by atoms with van der Waals surface area (Å²) in [4.78, 5) is 5.62. The zero-order valence-corrected chi connectivity index (χ0v) is 10.3. The fourth-order valence-corrected chi connectivity index (χ4v) is 1.94. The van der Waals surface area contributed by atoms with Crippen molar-refractivity contribution < 1.29 is 4.42 Å². The quantitative estimate of drug-likeness (QED) is 0.555. The van der Waals surface area contributed by atoms with Crippen molar-refractivity contribution in [3.05, 3.63) is 54.6 Å². The van der Waals surface area contributed by atoms with Crippen molar-refractivity contribution in [2.45, 2.75) is 0 Å². The molecule has 4 aromatic rings. The lowest BCUT2D eigenvalue weighted by Crippen LogP contribution is -1.98. The number of oxazole rings is 1. The molecule has 0 N–H and O–H groups in total. The first-order chi connectivity index (χ1) is 9.90. The molecule has 6 nitrogen and oxygen atoms in total. The zero-order chi connectivity index (χ0) is 13.4. The Morgan fingerprint density at radius 2 is 1.70 bits per heavy atom. The largest absolute Gasteiger partial charge is 0.421 e. The number of aromatic nitrogens is 5. The normalized spacial score (nSPS) is 11.0. The SMILES string of the molecule is c1ccc(-c2nnn(-c3nc4ccccc4o3)n2)cc1. The highest BCUT2D eigenvalue weighted by molar-refractivity contribution is 5.73. The van der Waals surface area contributed by atoms with Gasteiger partial charge in [0.2, 0.25) is 5.82 Å². The van der Waals surface area contributed by atoms with Crippen LogP contribution in [-0.2, 0) is 0 Å². The van der Waals surface area contributed by atoms with E-state index in [0.717, 1.165) is 11.1 Å². The molecule has 2 heterocycles. The van der Waals surface area contributed by atoms with Gasteiger partial charge in [-0.2, -0.15) is 4.98 Å². The second-order valence-electron chi connectivity index (χ2n) is 4.23. The van der Waals surface area contributed by atoms with Crippen LogP contribution in [0.25, 0.3) is 28.5 Å². The third-order valence-corrected chi connectivity index (χ3v) is 2.90. The maximum Gasteiger partial charge on any atom is 0.343 e. The molecule has 0 saturated carbocycles. The van der Waals surface area contributed by atoms with Crippen molar-refractivity contribution in [2.24, 2.45) is 0 Å². The Balaban J connectivity index is 1.78. The predicted octanol–water partition coefficient (Wildman–Crippen LogP) is 2.47. The van der Waals surface area contributed by atoms with Gasteiger partial charge in [0.1, 0.15) is 5.52 Å². The van der Waals surface area contributed by atoms with Gasteiger partial charge in [0.15, 0.2) is 5.58 Å². The van der Waals surface area contributed by atoms with E-state index in [0.29, 0.717) is 17.4 Å². The molecule has 0 radical (unpaired) electrons. The smallest absolute Gasteiger partial charge is 0.343 e. The van der Waals surface area contributed by atoms with Crippen LogP contribution in [0.1, 0.15) is 0 Å². The minimum absolute atomic E-state index is 0.306. The summed E-state index contributed by atoms with van der Waals surface area (Å²) in [5.41, 5.74) is 2.36. The maximum atomic E-state index is 5.59. The summed E-state index contributed by atoms with van der Waals surface area (Å²) < 4.78 is 5.59. The van der Waals surface area contributed by atoms with Gasteiger partial charge in [0.25, 0.3) is 0 Å². The fraction of sp³-hybridized carbons (Fsp3) is 0. The summed E-state index contributed by atoms with van der Waals surface area (Å²) in [6.45, 7) is 0. The number of para-hydroxylation sites is 2. The number of benzene rings is 2. The molecule has 0 saturated heterocycles.